The predicted octanol–water partition coefficient (Wildman–Crippen LogP) is 1.19. The third-order valence-corrected chi connectivity index (χ3v) is 2.08. The van der Waals surface area contributed by atoms with Crippen molar-refractivity contribution in [1.82, 2.24) is 4.57 Å². The molecule has 0 radical (unpaired) electrons. The number of nitrogens with zero attached hydrogens (tertiary/aromatic N) is 1. The molecule has 0 aliphatic heterocycles. The van der Waals surface area contributed by atoms with Gasteiger partial charge in [-0.25, -0.2) is 0 Å². The zero-order valence-electron chi connectivity index (χ0n) is 7.94. The van der Waals surface area contributed by atoms with E-state index in [1.54, 1.807) is 0 Å². The number of aromatic nitrogens is 1. The molecule has 1 rings (SSSR count). The molecule has 0 saturated carbocycles. The van der Waals surface area contributed by atoms with E-state index >= 15 is 0 Å². The zero-order valence-corrected chi connectivity index (χ0v) is 8.76. The summed E-state index contributed by atoms with van der Waals surface area (Å²) in [6.07, 6.45) is 3.97. The van der Waals surface area contributed by atoms with E-state index in [4.69, 9.17) is 11.5 Å². The number of rotatable bonds is 4. The van der Waals surface area contributed by atoms with E-state index in [9.17, 15) is 0 Å². The van der Waals surface area contributed by atoms with E-state index in [2.05, 4.69) is 10.6 Å². The number of hydrogen-bond donors (Lipinski definition) is 2. The summed E-state index contributed by atoms with van der Waals surface area (Å²) < 4.78 is 2.06. The van der Waals surface area contributed by atoms with Crippen molar-refractivity contribution in [3.05, 3.63) is 24.0 Å². The topological polar surface area (TPSA) is 57.0 Å². The van der Waals surface area contributed by atoms with Crippen molar-refractivity contribution in [1.29, 1.82) is 0 Å². The van der Waals surface area contributed by atoms with Crippen LogP contribution in [0.1, 0.15) is 24.6 Å². The molecule has 0 bridgehead atoms. The summed E-state index contributed by atoms with van der Waals surface area (Å²) >= 11 is 0. The number of hydrogen-bond acceptors (Lipinski definition) is 2. The molecule has 0 saturated heterocycles. The molecule has 0 aromatic carbocycles. The quantitative estimate of drug-likeness (QED) is 0.773. The summed E-state index contributed by atoms with van der Waals surface area (Å²) in [4.78, 5) is 0. The molecule has 1 heterocycles. The third kappa shape index (κ3) is 3.38. The molecule has 1 aromatic rings. The fraction of sp³-hybridized carbons (Fsp3) is 0.556. The molecule has 13 heavy (non-hydrogen) atoms. The first-order valence-corrected chi connectivity index (χ1v) is 4.32. The number of nitrogens with two attached hydrogens (primary N) is 2. The first kappa shape index (κ1) is 12.5. The lowest BCUT2D eigenvalue weighted by molar-refractivity contribution is 0.583. The van der Waals surface area contributed by atoms with Gasteiger partial charge in [0, 0.05) is 25.0 Å². The molecule has 76 valence electrons. The minimum atomic E-state index is 0. The van der Waals surface area contributed by atoms with Gasteiger partial charge in [0.2, 0.25) is 0 Å². The highest BCUT2D eigenvalue weighted by atomic mass is 35.5. The standard InChI is InChI=1S/C9H17N3.ClH/c1-12-7-3-5-9(12)8(11)4-2-6-10;/h3,5,7-8H,2,4,6,10-11H2,1H3;1H/t8-;/m1./s1. The Morgan fingerprint density at radius 1 is 1.54 bits per heavy atom. The van der Waals surface area contributed by atoms with Crippen molar-refractivity contribution in [2.75, 3.05) is 6.54 Å². The van der Waals surface area contributed by atoms with Gasteiger partial charge in [-0.2, -0.15) is 0 Å². The maximum Gasteiger partial charge on any atom is 0.0450 e. The molecule has 0 spiro atoms. The lowest BCUT2D eigenvalue weighted by Gasteiger charge is -2.11. The molecule has 0 aliphatic rings. The van der Waals surface area contributed by atoms with Gasteiger partial charge < -0.3 is 16.0 Å². The third-order valence-electron chi connectivity index (χ3n) is 2.08. The lowest BCUT2D eigenvalue weighted by Crippen LogP contribution is -2.15. The summed E-state index contributed by atoms with van der Waals surface area (Å²) in [5.74, 6) is 0. The molecular formula is C9H18ClN3. The maximum absolute atomic E-state index is 5.95. The monoisotopic (exact) mass is 203 g/mol. The molecule has 1 atom stereocenters. The molecule has 0 fully saturated rings. The zero-order chi connectivity index (χ0) is 8.97. The van der Waals surface area contributed by atoms with Crippen LogP contribution in [0.25, 0.3) is 0 Å². The van der Waals surface area contributed by atoms with Crippen LogP contribution in [0.15, 0.2) is 18.3 Å². The van der Waals surface area contributed by atoms with Crippen LogP contribution < -0.4 is 11.5 Å². The van der Waals surface area contributed by atoms with Crippen molar-refractivity contribution in [3.63, 3.8) is 0 Å². The van der Waals surface area contributed by atoms with Gasteiger partial charge in [0.15, 0.2) is 0 Å². The van der Waals surface area contributed by atoms with Gasteiger partial charge in [-0.3, -0.25) is 0 Å². The molecule has 4 heteroatoms. The Hall–Kier alpha value is -0.510. The second-order valence-corrected chi connectivity index (χ2v) is 3.08. The largest absolute Gasteiger partial charge is 0.353 e. The van der Waals surface area contributed by atoms with Crippen molar-refractivity contribution >= 4 is 12.4 Å². The average molecular weight is 204 g/mol. The Kier molecular flexibility index (Phi) is 5.79. The van der Waals surface area contributed by atoms with E-state index in [1.807, 2.05) is 19.3 Å². The Morgan fingerprint density at radius 3 is 2.69 bits per heavy atom. The molecule has 0 aliphatic carbocycles. The van der Waals surface area contributed by atoms with Crippen LogP contribution in [0.3, 0.4) is 0 Å². The van der Waals surface area contributed by atoms with Crippen molar-refractivity contribution in [2.24, 2.45) is 18.5 Å². The van der Waals surface area contributed by atoms with Gasteiger partial charge in [0.05, 0.1) is 0 Å². The maximum atomic E-state index is 5.95. The highest BCUT2D eigenvalue weighted by Crippen LogP contribution is 2.14. The highest BCUT2D eigenvalue weighted by Gasteiger charge is 2.07. The fourth-order valence-corrected chi connectivity index (χ4v) is 1.35. The summed E-state index contributed by atoms with van der Waals surface area (Å²) in [5.41, 5.74) is 12.5. The summed E-state index contributed by atoms with van der Waals surface area (Å²) in [6, 6.07) is 4.20. The Labute approximate surface area is 85.5 Å². The van der Waals surface area contributed by atoms with Crippen LogP contribution in [0.4, 0.5) is 0 Å². The van der Waals surface area contributed by atoms with Crippen molar-refractivity contribution < 1.29 is 0 Å². The summed E-state index contributed by atoms with van der Waals surface area (Å²) in [5, 5.41) is 0. The van der Waals surface area contributed by atoms with Gasteiger partial charge in [-0.15, -0.1) is 12.4 Å². The highest BCUT2D eigenvalue weighted by molar-refractivity contribution is 5.85. The lowest BCUT2D eigenvalue weighted by atomic mass is 10.1. The Balaban J connectivity index is 0.00000144. The molecule has 0 amide bonds. The van der Waals surface area contributed by atoms with Crippen LogP contribution in [0, 0.1) is 0 Å². The van der Waals surface area contributed by atoms with Gasteiger partial charge in [0.25, 0.3) is 0 Å². The SMILES string of the molecule is Cl.Cn1cccc1[C@H](N)CCCN. The van der Waals surface area contributed by atoms with Gasteiger partial charge in [0.1, 0.15) is 0 Å². The van der Waals surface area contributed by atoms with Crippen molar-refractivity contribution in [2.45, 2.75) is 18.9 Å². The second kappa shape index (κ2) is 6.02. The first-order valence-electron chi connectivity index (χ1n) is 4.32. The minimum absolute atomic E-state index is 0. The predicted molar refractivity (Wildman–Crippen MR) is 57.9 cm³/mol. The van der Waals surface area contributed by atoms with Crippen molar-refractivity contribution in [3.8, 4) is 0 Å². The van der Waals surface area contributed by atoms with Gasteiger partial charge in [-0.05, 0) is 31.5 Å². The number of aryl methyl sites for hydroxylation is 1. The molecule has 1 aromatic heterocycles. The second-order valence-electron chi connectivity index (χ2n) is 3.08. The fourth-order valence-electron chi connectivity index (χ4n) is 1.35. The van der Waals surface area contributed by atoms with E-state index in [-0.39, 0.29) is 18.4 Å². The van der Waals surface area contributed by atoms with E-state index in [0.717, 1.165) is 19.4 Å². The molecule has 3 nitrogen and oxygen atoms in total. The Bertz CT molecular complexity index is 235. The van der Waals surface area contributed by atoms with Gasteiger partial charge in [-0.1, -0.05) is 0 Å². The van der Waals surface area contributed by atoms with Gasteiger partial charge >= 0.3 is 0 Å². The molecular weight excluding hydrogens is 186 g/mol. The van der Waals surface area contributed by atoms with E-state index < -0.39 is 0 Å². The van der Waals surface area contributed by atoms with E-state index in [1.165, 1.54) is 5.69 Å². The van der Waals surface area contributed by atoms with Crippen LogP contribution in [0.2, 0.25) is 0 Å². The minimum Gasteiger partial charge on any atom is -0.353 e. The number of halogens is 1. The van der Waals surface area contributed by atoms with Crippen LogP contribution in [0.5, 0.6) is 0 Å². The summed E-state index contributed by atoms with van der Waals surface area (Å²) in [6.45, 7) is 0.720. The molecule has 4 N–H and O–H groups in total. The average Bonchev–Trinajstić information content (AvgIpc) is 2.47. The van der Waals surface area contributed by atoms with Crippen LogP contribution in [-0.2, 0) is 7.05 Å². The first-order chi connectivity index (χ1) is 5.75. The van der Waals surface area contributed by atoms with E-state index in [0.29, 0.717) is 0 Å². The smallest absolute Gasteiger partial charge is 0.0450 e. The summed E-state index contributed by atoms with van der Waals surface area (Å²) in [7, 11) is 2.01. The van der Waals surface area contributed by atoms with Crippen LogP contribution >= 0.6 is 12.4 Å². The molecule has 0 unspecified atom stereocenters. The Morgan fingerprint density at radius 2 is 2.23 bits per heavy atom. The normalized spacial score (nSPS) is 12.2. The van der Waals surface area contributed by atoms with Crippen LogP contribution in [-0.4, -0.2) is 11.1 Å².